The molecule has 0 bridgehead atoms. The molecule has 0 aromatic heterocycles. The molecule has 0 heterocycles. The minimum atomic E-state index is -0.843. The highest BCUT2D eigenvalue weighted by molar-refractivity contribution is 5.76. The molecular formula is C72H137NO5. The molecule has 460 valence electrons. The number of nitrogens with one attached hydrogen (secondary N) is 1. The average molecular weight is 1100 g/mol. The predicted octanol–water partition coefficient (Wildman–Crippen LogP) is 22.7. The summed E-state index contributed by atoms with van der Waals surface area (Å²) in [5.74, 6) is -0.0492. The van der Waals surface area contributed by atoms with Gasteiger partial charge in [0.15, 0.2) is 0 Å². The first kappa shape index (κ1) is 76.1. The number of esters is 1. The highest BCUT2D eigenvalue weighted by Crippen LogP contribution is 2.18. The van der Waals surface area contributed by atoms with Gasteiger partial charge in [0.05, 0.1) is 25.4 Å². The Morgan fingerprint density at radius 3 is 0.974 bits per heavy atom. The molecule has 0 saturated carbocycles. The normalized spacial score (nSPS) is 12.7. The summed E-state index contributed by atoms with van der Waals surface area (Å²) in [7, 11) is 0. The van der Waals surface area contributed by atoms with E-state index in [1.807, 2.05) is 6.08 Å². The Hall–Kier alpha value is -1.92. The molecule has 0 aliphatic heterocycles. The molecular weight excluding hydrogens is 959 g/mol. The molecule has 0 radical (unpaired) electrons. The highest BCUT2D eigenvalue weighted by atomic mass is 16.5. The zero-order valence-corrected chi connectivity index (χ0v) is 52.7. The van der Waals surface area contributed by atoms with E-state index >= 15 is 0 Å². The number of carbonyl (C=O) groups is 2. The molecule has 0 fully saturated rings. The third-order valence-corrected chi connectivity index (χ3v) is 16.4. The van der Waals surface area contributed by atoms with Crippen molar-refractivity contribution in [3.05, 3.63) is 36.5 Å². The summed E-state index contributed by atoms with van der Waals surface area (Å²) < 4.78 is 5.51. The molecule has 0 aliphatic rings. The van der Waals surface area contributed by atoms with Crippen LogP contribution < -0.4 is 5.32 Å². The van der Waals surface area contributed by atoms with E-state index in [0.717, 1.165) is 44.9 Å². The maximum Gasteiger partial charge on any atom is 0.305 e. The Morgan fingerprint density at radius 2 is 0.641 bits per heavy atom. The molecule has 0 saturated heterocycles. The zero-order chi connectivity index (χ0) is 56.4. The molecule has 6 heteroatoms. The van der Waals surface area contributed by atoms with Crippen LogP contribution in [-0.4, -0.2) is 47.4 Å². The topological polar surface area (TPSA) is 95.9 Å². The number of amides is 1. The van der Waals surface area contributed by atoms with Gasteiger partial charge in [0.2, 0.25) is 5.91 Å². The zero-order valence-electron chi connectivity index (χ0n) is 52.7. The van der Waals surface area contributed by atoms with Crippen LogP contribution in [0.15, 0.2) is 36.5 Å². The number of unbranched alkanes of at least 4 members (excludes halogenated alkanes) is 51. The average Bonchev–Trinajstić information content (AvgIpc) is 3.44. The van der Waals surface area contributed by atoms with Gasteiger partial charge in [-0.25, -0.2) is 0 Å². The summed E-state index contributed by atoms with van der Waals surface area (Å²) in [6.07, 6.45) is 86.6. The first-order chi connectivity index (χ1) is 38.5. The van der Waals surface area contributed by atoms with Crippen LogP contribution in [0, 0.1) is 0 Å². The summed E-state index contributed by atoms with van der Waals surface area (Å²) in [4.78, 5) is 24.6. The van der Waals surface area contributed by atoms with Crippen molar-refractivity contribution in [1.82, 2.24) is 5.32 Å². The number of aliphatic hydroxyl groups excluding tert-OH is 2. The third kappa shape index (κ3) is 63.3. The van der Waals surface area contributed by atoms with E-state index in [1.54, 1.807) is 6.08 Å². The Bertz CT molecular complexity index is 1260. The van der Waals surface area contributed by atoms with Crippen molar-refractivity contribution in [1.29, 1.82) is 0 Å². The van der Waals surface area contributed by atoms with Gasteiger partial charge in [0.1, 0.15) is 0 Å². The maximum atomic E-state index is 12.5. The molecule has 0 aromatic carbocycles. The molecule has 0 aliphatic carbocycles. The number of carbonyl (C=O) groups excluding carboxylic acids is 2. The van der Waals surface area contributed by atoms with Crippen LogP contribution in [0.5, 0.6) is 0 Å². The van der Waals surface area contributed by atoms with Gasteiger partial charge < -0.3 is 20.3 Å². The van der Waals surface area contributed by atoms with E-state index in [4.69, 9.17) is 4.74 Å². The van der Waals surface area contributed by atoms with Crippen LogP contribution in [0.2, 0.25) is 0 Å². The molecule has 0 aromatic rings. The van der Waals surface area contributed by atoms with E-state index < -0.39 is 12.1 Å². The van der Waals surface area contributed by atoms with Gasteiger partial charge in [-0.15, -0.1) is 0 Å². The van der Waals surface area contributed by atoms with Crippen molar-refractivity contribution >= 4 is 11.9 Å². The van der Waals surface area contributed by atoms with Gasteiger partial charge in [0.25, 0.3) is 0 Å². The van der Waals surface area contributed by atoms with Crippen molar-refractivity contribution < 1.29 is 24.5 Å². The minimum Gasteiger partial charge on any atom is -0.466 e. The van der Waals surface area contributed by atoms with Crippen LogP contribution >= 0.6 is 0 Å². The van der Waals surface area contributed by atoms with Crippen molar-refractivity contribution in [3.63, 3.8) is 0 Å². The van der Waals surface area contributed by atoms with Gasteiger partial charge in [-0.1, -0.05) is 346 Å². The lowest BCUT2D eigenvalue weighted by Gasteiger charge is -2.20. The predicted molar refractivity (Wildman–Crippen MR) is 343 cm³/mol. The smallest absolute Gasteiger partial charge is 0.305 e. The second kappa shape index (κ2) is 67.6. The van der Waals surface area contributed by atoms with Gasteiger partial charge in [-0.3, -0.25) is 9.59 Å². The summed E-state index contributed by atoms with van der Waals surface area (Å²) in [5.41, 5.74) is 0. The monoisotopic (exact) mass is 1100 g/mol. The standard InChI is InChI=1S/C72H137NO5/c1-3-5-7-9-11-13-15-17-18-19-36-39-42-46-50-54-58-62-66-72(77)78-67-63-59-55-51-47-43-40-37-34-32-30-28-26-24-22-20-21-23-25-27-29-31-33-35-38-41-45-49-53-57-61-65-71(76)73-69(68-74)70(75)64-60-56-52-48-44-16-14-12-10-8-6-4-2/h22,24,28,30,60,64,69-70,74-75H,3-21,23,25-27,29,31-59,61-63,65-68H2,1-2H3,(H,73,76)/b24-22-,30-28-,64-60+. The van der Waals surface area contributed by atoms with Crippen LogP contribution in [0.4, 0.5) is 0 Å². The molecule has 3 N–H and O–H groups in total. The summed E-state index contributed by atoms with van der Waals surface area (Å²) in [6, 6.07) is -0.626. The molecule has 2 unspecified atom stereocenters. The molecule has 0 rings (SSSR count). The lowest BCUT2D eigenvalue weighted by molar-refractivity contribution is -0.143. The van der Waals surface area contributed by atoms with E-state index in [1.165, 1.54) is 315 Å². The lowest BCUT2D eigenvalue weighted by atomic mass is 10.0. The first-order valence-corrected chi connectivity index (χ1v) is 35.3. The molecule has 6 nitrogen and oxygen atoms in total. The van der Waals surface area contributed by atoms with Crippen molar-refractivity contribution in [2.75, 3.05) is 13.2 Å². The second-order valence-electron chi connectivity index (χ2n) is 24.2. The van der Waals surface area contributed by atoms with Crippen LogP contribution in [-0.2, 0) is 14.3 Å². The van der Waals surface area contributed by atoms with E-state index in [2.05, 4.69) is 43.5 Å². The fraction of sp³-hybridized carbons (Fsp3) is 0.889. The Balaban J connectivity index is 3.37. The summed E-state index contributed by atoms with van der Waals surface area (Å²) in [5, 5.41) is 23.1. The second-order valence-corrected chi connectivity index (χ2v) is 24.2. The number of hydrogen-bond donors (Lipinski definition) is 3. The van der Waals surface area contributed by atoms with Gasteiger partial charge in [0, 0.05) is 12.8 Å². The van der Waals surface area contributed by atoms with Crippen molar-refractivity contribution in [2.24, 2.45) is 0 Å². The largest absolute Gasteiger partial charge is 0.466 e. The van der Waals surface area contributed by atoms with Crippen LogP contribution in [0.25, 0.3) is 0 Å². The summed E-state index contributed by atoms with van der Waals surface area (Å²) >= 11 is 0. The number of rotatable bonds is 66. The fourth-order valence-electron chi connectivity index (χ4n) is 11.0. The Kier molecular flexibility index (Phi) is 65.9. The van der Waals surface area contributed by atoms with Gasteiger partial charge in [-0.2, -0.15) is 0 Å². The number of hydrogen-bond acceptors (Lipinski definition) is 5. The molecule has 0 spiro atoms. The van der Waals surface area contributed by atoms with E-state index in [0.29, 0.717) is 19.4 Å². The highest BCUT2D eigenvalue weighted by Gasteiger charge is 2.18. The van der Waals surface area contributed by atoms with Gasteiger partial charge in [-0.05, 0) is 64.2 Å². The van der Waals surface area contributed by atoms with Crippen molar-refractivity contribution in [3.8, 4) is 0 Å². The quantitative estimate of drug-likeness (QED) is 0.0320. The van der Waals surface area contributed by atoms with Crippen molar-refractivity contribution in [2.45, 2.75) is 398 Å². The lowest BCUT2D eigenvalue weighted by Crippen LogP contribution is -2.45. The molecule has 78 heavy (non-hydrogen) atoms. The summed E-state index contributed by atoms with van der Waals surface area (Å²) in [6.45, 7) is 4.92. The number of ether oxygens (including phenoxy) is 1. The third-order valence-electron chi connectivity index (χ3n) is 16.4. The van der Waals surface area contributed by atoms with E-state index in [9.17, 15) is 19.8 Å². The SMILES string of the molecule is CCCCCCCCCCCC/C=C/C(O)C(CO)NC(=O)CCCCCCCCCCCCCCCCC/C=C\C/C=C\CCCCCCCCCCCOC(=O)CCCCCCCCCCCCCCCCCCCC. The number of allylic oxidation sites excluding steroid dienone is 5. The maximum absolute atomic E-state index is 12.5. The van der Waals surface area contributed by atoms with Crippen LogP contribution in [0.1, 0.15) is 386 Å². The fourth-order valence-corrected chi connectivity index (χ4v) is 11.0. The Morgan fingerprint density at radius 1 is 0.359 bits per heavy atom. The molecule has 1 amide bonds. The van der Waals surface area contributed by atoms with Crippen LogP contribution in [0.3, 0.4) is 0 Å². The number of aliphatic hydroxyl groups is 2. The minimum absolute atomic E-state index is 0.0176. The van der Waals surface area contributed by atoms with Gasteiger partial charge >= 0.3 is 5.97 Å². The first-order valence-electron chi connectivity index (χ1n) is 35.3. The van der Waals surface area contributed by atoms with E-state index in [-0.39, 0.29) is 18.5 Å². The Labute approximate surface area is 487 Å². The molecule has 2 atom stereocenters.